The summed E-state index contributed by atoms with van der Waals surface area (Å²) in [6.45, 7) is 0. The number of nitrogen functional groups attached to an aromatic ring is 1. The highest BCUT2D eigenvalue weighted by atomic mass is 15.2. The van der Waals surface area contributed by atoms with Crippen molar-refractivity contribution >= 4 is 17.3 Å². The summed E-state index contributed by atoms with van der Waals surface area (Å²) in [6.07, 6.45) is 7.10. The van der Waals surface area contributed by atoms with Crippen molar-refractivity contribution in [2.75, 3.05) is 10.6 Å². The molecule has 3 heterocycles. The summed E-state index contributed by atoms with van der Waals surface area (Å²) in [5, 5.41) is 9.18. The summed E-state index contributed by atoms with van der Waals surface area (Å²) in [6, 6.07) is 22.8. The largest absolute Gasteiger partial charge is 0.384 e. The van der Waals surface area contributed by atoms with Crippen molar-refractivity contribution in [2.45, 2.75) is 6.04 Å². The van der Waals surface area contributed by atoms with Crippen molar-refractivity contribution in [1.82, 2.24) is 15.0 Å². The number of rotatable bonds is 5. The molecule has 0 bridgehead atoms. The molecule has 6 heteroatoms. The minimum absolute atomic E-state index is 0.241. The van der Waals surface area contributed by atoms with Crippen LogP contribution in [0.1, 0.15) is 22.7 Å². The molecule has 29 heavy (non-hydrogen) atoms. The first-order chi connectivity index (χ1) is 14.3. The molecule has 2 N–H and O–H groups in total. The van der Waals surface area contributed by atoms with E-state index in [-0.39, 0.29) is 6.04 Å². The number of hydrogen-bond acceptors (Lipinski definition) is 6. The number of benzene rings is 1. The van der Waals surface area contributed by atoms with Gasteiger partial charge in [-0.2, -0.15) is 5.26 Å². The van der Waals surface area contributed by atoms with Gasteiger partial charge in [-0.05, 0) is 53.6 Å². The van der Waals surface area contributed by atoms with Crippen molar-refractivity contribution < 1.29 is 0 Å². The average Bonchev–Trinajstić information content (AvgIpc) is 2.79. The Morgan fingerprint density at radius 2 is 1.59 bits per heavy atom. The summed E-state index contributed by atoms with van der Waals surface area (Å²) in [5.41, 5.74) is 9.43. The van der Waals surface area contributed by atoms with Crippen LogP contribution in [0.25, 0.3) is 0 Å². The maximum absolute atomic E-state index is 9.18. The van der Waals surface area contributed by atoms with Crippen molar-refractivity contribution in [3.05, 3.63) is 108 Å². The van der Waals surface area contributed by atoms with E-state index >= 15 is 0 Å². The van der Waals surface area contributed by atoms with Gasteiger partial charge in [0.15, 0.2) is 0 Å². The number of nitrogens with two attached hydrogens (primary N) is 1. The summed E-state index contributed by atoms with van der Waals surface area (Å²) in [4.78, 5) is 15.2. The Bertz CT molecular complexity index is 1120. The number of anilines is 3. The Kier molecular flexibility index (Phi) is 5.12. The quantitative estimate of drug-likeness (QED) is 0.558. The molecule has 1 atom stereocenters. The van der Waals surface area contributed by atoms with Gasteiger partial charge in [-0.1, -0.05) is 24.3 Å². The second kappa shape index (κ2) is 8.19. The van der Waals surface area contributed by atoms with Gasteiger partial charge < -0.3 is 10.6 Å². The molecule has 4 rings (SSSR count). The molecule has 140 valence electrons. The lowest BCUT2D eigenvalue weighted by molar-refractivity contribution is 0.799. The molecule has 0 radical (unpaired) electrons. The van der Waals surface area contributed by atoms with Gasteiger partial charge in [-0.25, -0.2) is 4.98 Å². The Morgan fingerprint density at radius 3 is 2.21 bits per heavy atom. The van der Waals surface area contributed by atoms with Crippen LogP contribution in [0.15, 0.2) is 91.5 Å². The van der Waals surface area contributed by atoms with Crippen molar-refractivity contribution in [2.24, 2.45) is 0 Å². The summed E-state index contributed by atoms with van der Waals surface area (Å²) in [5.74, 6) is 1.12. The van der Waals surface area contributed by atoms with Crippen molar-refractivity contribution in [3.63, 3.8) is 0 Å². The first-order valence-electron chi connectivity index (χ1n) is 9.08. The van der Waals surface area contributed by atoms with Crippen LogP contribution in [0.5, 0.6) is 0 Å². The minimum Gasteiger partial charge on any atom is -0.384 e. The molecule has 1 aromatic carbocycles. The Labute approximate surface area is 168 Å². The smallest absolute Gasteiger partial charge is 0.136 e. The highest BCUT2D eigenvalue weighted by Crippen LogP contribution is 2.38. The molecule has 0 saturated carbocycles. The van der Waals surface area contributed by atoms with Crippen LogP contribution in [0.4, 0.5) is 17.3 Å². The average molecular weight is 378 g/mol. The fourth-order valence-electron chi connectivity index (χ4n) is 3.25. The molecular formula is C23H18N6. The molecule has 3 aromatic heterocycles. The lowest BCUT2D eigenvalue weighted by atomic mass is 9.96. The summed E-state index contributed by atoms with van der Waals surface area (Å²) < 4.78 is 0. The molecule has 0 aliphatic rings. The first kappa shape index (κ1) is 18.1. The first-order valence-corrected chi connectivity index (χ1v) is 9.08. The number of pyridine rings is 3. The fourth-order valence-corrected chi connectivity index (χ4v) is 3.25. The molecule has 0 aliphatic heterocycles. The van der Waals surface area contributed by atoms with Gasteiger partial charge >= 0.3 is 0 Å². The molecule has 0 fully saturated rings. The van der Waals surface area contributed by atoms with E-state index in [2.05, 4.69) is 25.9 Å². The van der Waals surface area contributed by atoms with Crippen molar-refractivity contribution in [3.8, 4) is 6.07 Å². The van der Waals surface area contributed by atoms with E-state index in [1.54, 1.807) is 24.7 Å². The van der Waals surface area contributed by atoms with Gasteiger partial charge in [0.05, 0.1) is 29.6 Å². The third kappa shape index (κ3) is 3.89. The molecule has 6 nitrogen and oxygen atoms in total. The topological polar surface area (TPSA) is 91.7 Å². The van der Waals surface area contributed by atoms with Crippen LogP contribution in [-0.4, -0.2) is 15.0 Å². The Morgan fingerprint density at radius 1 is 0.828 bits per heavy atom. The van der Waals surface area contributed by atoms with Crippen LogP contribution in [-0.2, 0) is 0 Å². The van der Waals surface area contributed by atoms with Gasteiger partial charge in [0.2, 0.25) is 0 Å². The molecule has 4 aromatic rings. The van der Waals surface area contributed by atoms with E-state index in [4.69, 9.17) is 5.73 Å². The van der Waals surface area contributed by atoms with E-state index in [0.717, 1.165) is 16.8 Å². The molecule has 0 amide bonds. The van der Waals surface area contributed by atoms with Crippen molar-refractivity contribution in [1.29, 1.82) is 5.26 Å². The lowest BCUT2D eigenvalue weighted by Gasteiger charge is -2.33. The summed E-state index contributed by atoms with van der Waals surface area (Å²) >= 11 is 0. The monoisotopic (exact) mass is 378 g/mol. The normalized spacial score (nSPS) is 11.4. The van der Waals surface area contributed by atoms with Gasteiger partial charge in [-0.3, -0.25) is 9.97 Å². The SMILES string of the molecule is N#Cc1ccc(C(c2cccnc2)N(c2cccnc2)c2cccc(N)n2)cc1. The number of aromatic nitrogens is 3. The van der Waals surface area contributed by atoms with E-state index in [1.165, 1.54) is 0 Å². The molecule has 0 spiro atoms. The number of hydrogen-bond donors (Lipinski definition) is 1. The molecule has 0 saturated heterocycles. The van der Waals surface area contributed by atoms with Gasteiger partial charge in [0.1, 0.15) is 11.6 Å². The standard InChI is InChI=1S/C23H18N6/c24-14-17-8-10-18(11-9-17)23(19-4-2-12-26-15-19)29(20-5-3-13-27-16-20)22-7-1-6-21(25)28-22/h1-13,15-16,23H,(H2,25,28). The molecule has 0 aliphatic carbocycles. The highest BCUT2D eigenvalue weighted by Gasteiger charge is 2.26. The van der Waals surface area contributed by atoms with Crippen LogP contribution < -0.4 is 10.6 Å². The van der Waals surface area contributed by atoms with Gasteiger partial charge in [0, 0.05) is 18.6 Å². The van der Waals surface area contributed by atoms with E-state index in [9.17, 15) is 5.26 Å². The predicted molar refractivity (Wildman–Crippen MR) is 112 cm³/mol. The minimum atomic E-state index is -0.241. The molecular weight excluding hydrogens is 360 g/mol. The van der Waals surface area contributed by atoms with Crippen LogP contribution in [0.3, 0.4) is 0 Å². The maximum atomic E-state index is 9.18. The lowest BCUT2D eigenvalue weighted by Crippen LogP contribution is -2.26. The van der Waals surface area contributed by atoms with Crippen LogP contribution in [0.2, 0.25) is 0 Å². The predicted octanol–water partition coefficient (Wildman–Crippen LogP) is 4.25. The fraction of sp³-hybridized carbons (Fsp3) is 0.0435. The third-order valence-corrected chi connectivity index (χ3v) is 4.54. The van der Waals surface area contributed by atoms with E-state index in [1.807, 2.05) is 66.9 Å². The van der Waals surface area contributed by atoms with Gasteiger partial charge in [0.25, 0.3) is 0 Å². The number of nitriles is 1. The van der Waals surface area contributed by atoms with Gasteiger partial charge in [-0.15, -0.1) is 0 Å². The Hall–Kier alpha value is -4.24. The zero-order chi connectivity index (χ0) is 20.1. The maximum Gasteiger partial charge on any atom is 0.136 e. The third-order valence-electron chi connectivity index (χ3n) is 4.54. The molecule has 1 unspecified atom stereocenters. The number of nitrogens with zero attached hydrogens (tertiary/aromatic N) is 5. The highest BCUT2D eigenvalue weighted by molar-refractivity contribution is 5.64. The Balaban J connectivity index is 1.94. The second-order valence-corrected chi connectivity index (χ2v) is 6.42. The van der Waals surface area contributed by atoms with Crippen LogP contribution in [0, 0.1) is 11.3 Å². The second-order valence-electron chi connectivity index (χ2n) is 6.42. The van der Waals surface area contributed by atoms with E-state index < -0.39 is 0 Å². The van der Waals surface area contributed by atoms with Crippen LogP contribution >= 0.6 is 0 Å². The zero-order valence-corrected chi connectivity index (χ0v) is 15.6. The summed E-state index contributed by atoms with van der Waals surface area (Å²) in [7, 11) is 0. The van der Waals surface area contributed by atoms with E-state index in [0.29, 0.717) is 17.2 Å². The zero-order valence-electron chi connectivity index (χ0n) is 15.6.